The van der Waals surface area contributed by atoms with E-state index in [2.05, 4.69) is 35.2 Å². The Morgan fingerprint density at radius 2 is 1.77 bits per heavy atom. The summed E-state index contributed by atoms with van der Waals surface area (Å²) in [6, 6.07) is 20.2. The number of rotatable bonds is 3. The summed E-state index contributed by atoms with van der Waals surface area (Å²) in [5, 5.41) is 9.16. The van der Waals surface area contributed by atoms with Gasteiger partial charge in [0.15, 0.2) is 0 Å². The van der Waals surface area contributed by atoms with E-state index >= 15 is 0 Å². The number of benzene rings is 2. The third kappa shape index (κ3) is 3.66. The van der Waals surface area contributed by atoms with Crippen LogP contribution in [-0.4, -0.2) is 17.3 Å². The van der Waals surface area contributed by atoms with Crippen LogP contribution in [0.2, 0.25) is 0 Å². The lowest BCUT2D eigenvalue weighted by molar-refractivity contribution is 0.448. The second-order valence-electron chi connectivity index (χ2n) is 5.17. The summed E-state index contributed by atoms with van der Waals surface area (Å²) in [4.78, 5) is 7.04. The monoisotopic (exact) mass is 311 g/mol. The molecule has 0 radical (unpaired) electrons. The van der Waals surface area contributed by atoms with Crippen molar-refractivity contribution < 1.29 is 0 Å². The lowest BCUT2D eigenvalue weighted by Gasteiger charge is -2.19. The van der Waals surface area contributed by atoms with E-state index in [4.69, 9.17) is 10.3 Å². The van der Waals surface area contributed by atoms with Gasteiger partial charge >= 0.3 is 0 Å². The zero-order valence-electron chi connectivity index (χ0n) is 12.3. The van der Waals surface area contributed by atoms with Gasteiger partial charge in [-0.15, -0.1) is 12.4 Å². The fourth-order valence-electron chi connectivity index (χ4n) is 2.62. The Labute approximate surface area is 137 Å². The molecule has 1 heterocycles. The van der Waals surface area contributed by atoms with Gasteiger partial charge in [0.25, 0.3) is 0 Å². The summed E-state index contributed by atoms with van der Waals surface area (Å²) >= 11 is 0. The molecule has 1 fully saturated rings. The summed E-state index contributed by atoms with van der Waals surface area (Å²) in [6.07, 6.45) is 2.10. The predicted octanol–water partition coefficient (Wildman–Crippen LogP) is 4.31. The fraction of sp³-hybridized carbons (Fsp3) is 0.222. The Bertz CT molecular complexity index is 689. The Hall–Kier alpha value is -2.31. The van der Waals surface area contributed by atoms with Crippen LogP contribution in [0.3, 0.4) is 0 Å². The van der Waals surface area contributed by atoms with E-state index in [9.17, 15) is 0 Å². The summed E-state index contributed by atoms with van der Waals surface area (Å²) in [5.41, 5.74) is 2.70. The summed E-state index contributed by atoms with van der Waals surface area (Å²) in [6.45, 7) is 1.91. The minimum absolute atomic E-state index is 0. The summed E-state index contributed by atoms with van der Waals surface area (Å²) in [7, 11) is 0. The topological polar surface area (TPSA) is 39.4 Å². The molecule has 22 heavy (non-hydrogen) atoms. The number of aliphatic imine (C=N–C) groups is 1. The lowest BCUT2D eigenvalue weighted by Crippen LogP contribution is -2.24. The normalized spacial score (nSPS) is 15.4. The van der Waals surface area contributed by atoms with Crippen molar-refractivity contribution in [3.05, 3.63) is 65.7 Å². The largest absolute Gasteiger partial charge is 0.356 e. The molecule has 112 valence electrons. The Kier molecular flexibility index (Phi) is 5.57. The smallest absolute Gasteiger partial charge is 0.105 e. The maximum atomic E-state index is 9.16. The van der Waals surface area contributed by atoms with E-state index in [0.29, 0.717) is 5.56 Å². The van der Waals surface area contributed by atoms with Crippen molar-refractivity contribution in [3.8, 4) is 6.07 Å². The number of nitriles is 1. The molecule has 1 saturated heterocycles. The quantitative estimate of drug-likeness (QED) is 0.847. The van der Waals surface area contributed by atoms with Gasteiger partial charge in [0.1, 0.15) is 11.9 Å². The number of nitrogens with zero attached hydrogens (tertiary/aromatic N) is 3. The Balaban J connectivity index is 0.00000176. The number of hydrogen-bond acceptors (Lipinski definition) is 2. The molecule has 2 aromatic carbocycles. The second-order valence-corrected chi connectivity index (χ2v) is 5.17. The van der Waals surface area contributed by atoms with E-state index in [-0.39, 0.29) is 12.4 Å². The third-order valence-corrected chi connectivity index (χ3v) is 3.68. The lowest BCUT2D eigenvalue weighted by atomic mass is 10.2. The Morgan fingerprint density at radius 1 is 1.05 bits per heavy atom. The molecule has 4 heteroatoms. The highest BCUT2D eigenvalue weighted by Gasteiger charge is 2.19. The zero-order valence-corrected chi connectivity index (χ0v) is 13.1. The van der Waals surface area contributed by atoms with Crippen molar-refractivity contribution in [1.82, 2.24) is 4.90 Å². The molecule has 3 rings (SSSR count). The molecule has 0 N–H and O–H groups in total. The van der Waals surface area contributed by atoms with Gasteiger partial charge in [-0.25, -0.2) is 4.99 Å². The molecule has 0 saturated carbocycles. The van der Waals surface area contributed by atoms with E-state index in [1.54, 1.807) is 0 Å². The number of hydrogen-bond donors (Lipinski definition) is 0. The highest BCUT2D eigenvalue weighted by molar-refractivity contribution is 5.87. The number of likely N-dealkylation sites (tertiary alicyclic amines) is 1. The molecular formula is C18H18ClN3. The van der Waals surface area contributed by atoms with Gasteiger partial charge in [0, 0.05) is 19.5 Å². The zero-order chi connectivity index (χ0) is 14.5. The van der Waals surface area contributed by atoms with Crippen LogP contribution in [0.25, 0.3) is 0 Å². The fourth-order valence-corrected chi connectivity index (χ4v) is 2.62. The summed E-state index contributed by atoms with van der Waals surface area (Å²) < 4.78 is 0. The van der Waals surface area contributed by atoms with E-state index in [0.717, 1.165) is 37.5 Å². The first kappa shape index (κ1) is 16.1. The highest BCUT2D eigenvalue weighted by atomic mass is 35.5. The molecule has 3 nitrogen and oxygen atoms in total. The van der Waals surface area contributed by atoms with Gasteiger partial charge < -0.3 is 4.90 Å². The maximum Gasteiger partial charge on any atom is 0.105 e. The molecule has 0 spiro atoms. The first-order chi connectivity index (χ1) is 10.4. The number of amidine groups is 1. The van der Waals surface area contributed by atoms with Crippen LogP contribution in [-0.2, 0) is 6.54 Å². The average molecular weight is 312 g/mol. The van der Waals surface area contributed by atoms with Gasteiger partial charge in [-0.2, -0.15) is 5.26 Å². The third-order valence-electron chi connectivity index (χ3n) is 3.68. The molecule has 0 amide bonds. The predicted molar refractivity (Wildman–Crippen MR) is 91.6 cm³/mol. The minimum Gasteiger partial charge on any atom is -0.356 e. The van der Waals surface area contributed by atoms with Crippen LogP contribution in [0.1, 0.15) is 24.0 Å². The van der Waals surface area contributed by atoms with Crippen molar-refractivity contribution in [2.24, 2.45) is 4.99 Å². The van der Waals surface area contributed by atoms with Crippen molar-refractivity contribution >= 4 is 23.9 Å². The number of para-hydroxylation sites is 1. The van der Waals surface area contributed by atoms with E-state index in [1.807, 2.05) is 30.3 Å². The van der Waals surface area contributed by atoms with E-state index in [1.165, 1.54) is 5.56 Å². The minimum atomic E-state index is 0. The Morgan fingerprint density at radius 3 is 2.55 bits per heavy atom. The molecular weight excluding hydrogens is 294 g/mol. The van der Waals surface area contributed by atoms with Gasteiger partial charge in [0.05, 0.1) is 11.3 Å². The standard InChI is InChI=1S/C18H17N3.ClH/c19-13-16-9-4-5-10-17(16)20-18-11-6-12-21(18)14-15-7-2-1-3-8-15;/h1-5,7-10H,6,11-12,14H2;1H. The van der Waals surface area contributed by atoms with Crippen LogP contribution >= 0.6 is 12.4 Å². The van der Waals surface area contributed by atoms with Crippen LogP contribution in [0, 0.1) is 11.3 Å². The molecule has 1 aliphatic rings. The van der Waals surface area contributed by atoms with Crippen molar-refractivity contribution in [1.29, 1.82) is 5.26 Å². The molecule has 0 atom stereocenters. The maximum absolute atomic E-state index is 9.16. The van der Waals surface area contributed by atoms with E-state index < -0.39 is 0 Å². The van der Waals surface area contributed by atoms with Crippen LogP contribution in [0.15, 0.2) is 59.6 Å². The molecule has 0 unspecified atom stereocenters. The van der Waals surface area contributed by atoms with Gasteiger partial charge in [-0.3, -0.25) is 0 Å². The highest BCUT2D eigenvalue weighted by Crippen LogP contribution is 2.23. The van der Waals surface area contributed by atoms with Gasteiger partial charge in [-0.05, 0) is 24.1 Å². The van der Waals surface area contributed by atoms with Crippen molar-refractivity contribution in [2.45, 2.75) is 19.4 Å². The molecule has 0 aliphatic carbocycles. The number of halogens is 1. The van der Waals surface area contributed by atoms with Crippen LogP contribution < -0.4 is 0 Å². The first-order valence-corrected chi connectivity index (χ1v) is 7.22. The van der Waals surface area contributed by atoms with Gasteiger partial charge in [-0.1, -0.05) is 42.5 Å². The summed E-state index contributed by atoms with van der Waals surface area (Å²) in [5.74, 6) is 1.08. The molecule has 0 bridgehead atoms. The van der Waals surface area contributed by atoms with Gasteiger partial charge in [0.2, 0.25) is 0 Å². The van der Waals surface area contributed by atoms with Crippen LogP contribution in [0.4, 0.5) is 5.69 Å². The average Bonchev–Trinajstić information content (AvgIpc) is 2.96. The molecule has 1 aliphatic heterocycles. The van der Waals surface area contributed by atoms with Crippen LogP contribution in [0.5, 0.6) is 0 Å². The van der Waals surface area contributed by atoms with Crippen molar-refractivity contribution in [3.63, 3.8) is 0 Å². The molecule has 2 aromatic rings. The molecule has 0 aromatic heterocycles. The SMILES string of the molecule is Cl.N#Cc1ccccc1N=C1CCCN1Cc1ccccc1. The van der Waals surface area contributed by atoms with Crippen molar-refractivity contribution in [2.75, 3.05) is 6.54 Å². The first-order valence-electron chi connectivity index (χ1n) is 7.22. The second kappa shape index (κ2) is 7.63.